The van der Waals surface area contributed by atoms with Crippen molar-refractivity contribution >= 4 is 23.8 Å². The third-order valence-electron chi connectivity index (χ3n) is 2.93. The molecule has 1 fully saturated rings. The maximum absolute atomic E-state index is 12.6. The van der Waals surface area contributed by atoms with E-state index in [1.165, 1.54) is 5.32 Å². The molecular formula is C10H15F3N2O3S. The van der Waals surface area contributed by atoms with Gasteiger partial charge >= 0.3 is 18.2 Å². The summed E-state index contributed by atoms with van der Waals surface area (Å²) in [5, 5.41) is 12.4. The summed E-state index contributed by atoms with van der Waals surface area (Å²) < 4.78 is 37.9. The molecular weight excluding hydrogens is 285 g/mol. The summed E-state index contributed by atoms with van der Waals surface area (Å²) in [6.07, 6.45) is -4.18. The normalized spacial score (nSPS) is 22.6. The lowest BCUT2D eigenvalue weighted by atomic mass is 10.0. The summed E-state index contributed by atoms with van der Waals surface area (Å²) in [6.45, 7) is 0.659. The van der Waals surface area contributed by atoms with E-state index in [-0.39, 0.29) is 12.5 Å². The maximum atomic E-state index is 12.6. The van der Waals surface area contributed by atoms with Gasteiger partial charge in [0.25, 0.3) is 0 Å². The Bertz CT molecular complexity index is 358. The molecule has 0 saturated carbocycles. The minimum Gasteiger partial charge on any atom is -0.479 e. The number of nitrogens with one attached hydrogen (secondary N) is 2. The monoisotopic (exact) mass is 300 g/mol. The van der Waals surface area contributed by atoms with Gasteiger partial charge in [-0.1, -0.05) is 0 Å². The van der Waals surface area contributed by atoms with Gasteiger partial charge in [-0.05, 0) is 30.8 Å². The minimum atomic E-state index is -5.07. The van der Waals surface area contributed by atoms with Crippen molar-refractivity contribution in [2.45, 2.75) is 25.1 Å². The van der Waals surface area contributed by atoms with Gasteiger partial charge in [-0.15, -0.1) is 0 Å². The number of carboxylic acids is 1. The highest BCUT2D eigenvalue weighted by atomic mass is 32.2. The van der Waals surface area contributed by atoms with Crippen molar-refractivity contribution < 1.29 is 27.9 Å². The molecule has 1 saturated heterocycles. The highest BCUT2D eigenvalue weighted by molar-refractivity contribution is 7.99. The second-order valence-corrected chi connectivity index (χ2v) is 5.64. The summed E-state index contributed by atoms with van der Waals surface area (Å²) >= 11 is 1.71. The molecule has 0 spiro atoms. The van der Waals surface area contributed by atoms with Crippen molar-refractivity contribution in [3.05, 3.63) is 0 Å². The third kappa shape index (κ3) is 3.92. The summed E-state index contributed by atoms with van der Waals surface area (Å²) in [7, 11) is 0. The Labute approximate surface area is 112 Å². The Kier molecular flexibility index (Phi) is 4.94. The Morgan fingerprint density at radius 2 is 2.05 bits per heavy atom. The van der Waals surface area contributed by atoms with Crippen LogP contribution in [0.5, 0.6) is 0 Å². The molecule has 9 heteroatoms. The number of carboxylic acid groups (broad SMARTS) is 1. The molecule has 0 aromatic carbocycles. The second kappa shape index (κ2) is 5.89. The van der Waals surface area contributed by atoms with Gasteiger partial charge in [0.15, 0.2) is 0 Å². The summed E-state index contributed by atoms with van der Waals surface area (Å²) in [4.78, 5) is 22.1. The highest BCUT2D eigenvalue weighted by Gasteiger charge is 2.58. The first-order valence-corrected chi connectivity index (χ1v) is 6.76. The van der Waals surface area contributed by atoms with Crippen LogP contribution in [0.1, 0.15) is 13.3 Å². The van der Waals surface area contributed by atoms with E-state index in [0.29, 0.717) is 6.92 Å². The van der Waals surface area contributed by atoms with E-state index >= 15 is 0 Å². The zero-order chi connectivity index (χ0) is 14.7. The number of hydrogen-bond donors (Lipinski definition) is 3. The first-order chi connectivity index (χ1) is 8.67. The Morgan fingerprint density at radius 1 is 1.42 bits per heavy atom. The van der Waals surface area contributed by atoms with Crippen LogP contribution in [0.2, 0.25) is 0 Å². The lowest BCUT2D eigenvalue weighted by molar-refractivity contribution is -0.203. The van der Waals surface area contributed by atoms with Gasteiger partial charge in [-0.2, -0.15) is 24.9 Å². The van der Waals surface area contributed by atoms with Crippen molar-refractivity contribution in [3.63, 3.8) is 0 Å². The SMILES string of the molecule is CC(NC(=O)NCC1CCSC1)(C(=O)O)C(F)(F)F. The van der Waals surface area contributed by atoms with Crippen LogP contribution in [0.15, 0.2) is 0 Å². The van der Waals surface area contributed by atoms with Crippen molar-refractivity contribution in [2.24, 2.45) is 5.92 Å². The molecule has 1 aliphatic heterocycles. The van der Waals surface area contributed by atoms with Crippen LogP contribution in [0.25, 0.3) is 0 Å². The van der Waals surface area contributed by atoms with Crippen LogP contribution < -0.4 is 10.6 Å². The first-order valence-electron chi connectivity index (χ1n) is 5.60. The van der Waals surface area contributed by atoms with Crippen LogP contribution in [0.4, 0.5) is 18.0 Å². The van der Waals surface area contributed by atoms with Gasteiger partial charge in [0, 0.05) is 6.54 Å². The van der Waals surface area contributed by atoms with Gasteiger partial charge in [-0.25, -0.2) is 9.59 Å². The number of amides is 2. The van der Waals surface area contributed by atoms with Crippen molar-refractivity contribution in [2.75, 3.05) is 18.1 Å². The Balaban J connectivity index is 2.54. The molecule has 2 unspecified atom stereocenters. The average molecular weight is 300 g/mol. The zero-order valence-corrected chi connectivity index (χ0v) is 11.0. The fourth-order valence-electron chi connectivity index (χ4n) is 1.50. The number of halogens is 3. The number of thioether (sulfide) groups is 1. The lowest BCUT2D eigenvalue weighted by Crippen LogP contribution is -2.63. The van der Waals surface area contributed by atoms with E-state index in [1.807, 2.05) is 0 Å². The van der Waals surface area contributed by atoms with Crippen LogP contribution >= 0.6 is 11.8 Å². The quantitative estimate of drug-likeness (QED) is 0.734. The number of aliphatic carboxylic acids is 1. The topological polar surface area (TPSA) is 78.4 Å². The van der Waals surface area contributed by atoms with E-state index in [4.69, 9.17) is 5.11 Å². The first kappa shape index (κ1) is 15.9. The predicted octanol–water partition coefficient (Wildman–Crippen LogP) is 1.44. The molecule has 0 radical (unpaired) electrons. The van der Waals surface area contributed by atoms with E-state index in [1.54, 1.807) is 11.8 Å². The lowest BCUT2D eigenvalue weighted by Gasteiger charge is -2.28. The molecule has 1 rings (SSSR count). The summed E-state index contributed by atoms with van der Waals surface area (Å²) in [5.74, 6) is -0.122. The molecule has 1 heterocycles. The highest BCUT2D eigenvalue weighted by Crippen LogP contribution is 2.30. The van der Waals surface area contributed by atoms with E-state index < -0.39 is 23.7 Å². The maximum Gasteiger partial charge on any atom is 0.422 e. The van der Waals surface area contributed by atoms with Crippen LogP contribution in [0.3, 0.4) is 0 Å². The number of hydrogen-bond acceptors (Lipinski definition) is 3. The molecule has 5 nitrogen and oxygen atoms in total. The molecule has 0 aromatic heterocycles. The average Bonchev–Trinajstić information content (AvgIpc) is 2.77. The van der Waals surface area contributed by atoms with Crippen LogP contribution in [-0.2, 0) is 4.79 Å². The Hall–Kier alpha value is -1.12. The molecule has 0 aliphatic carbocycles. The predicted molar refractivity (Wildman–Crippen MR) is 64.1 cm³/mol. The number of rotatable bonds is 4. The molecule has 2 atom stereocenters. The fourth-order valence-corrected chi connectivity index (χ4v) is 2.78. The zero-order valence-electron chi connectivity index (χ0n) is 10.2. The summed E-state index contributed by atoms with van der Waals surface area (Å²) in [6, 6.07) is -1.13. The van der Waals surface area contributed by atoms with E-state index in [9.17, 15) is 22.8 Å². The molecule has 2 amide bonds. The fraction of sp³-hybridized carbons (Fsp3) is 0.800. The van der Waals surface area contributed by atoms with Crippen molar-refractivity contribution in [1.82, 2.24) is 10.6 Å². The molecule has 19 heavy (non-hydrogen) atoms. The van der Waals surface area contributed by atoms with Gasteiger partial charge in [0.2, 0.25) is 5.54 Å². The third-order valence-corrected chi connectivity index (χ3v) is 4.16. The van der Waals surface area contributed by atoms with Crippen molar-refractivity contribution in [1.29, 1.82) is 0 Å². The molecule has 1 aliphatic rings. The number of alkyl halides is 3. The molecule has 3 N–H and O–H groups in total. The van der Waals surface area contributed by atoms with Crippen LogP contribution in [-0.4, -0.2) is 46.9 Å². The number of urea groups is 1. The molecule has 0 bridgehead atoms. The van der Waals surface area contributed by atoms with Crippen LogP contribution in [0, 0.1) is 5.92 Å². The second-order valence-electron chi connectivity index (χ2n) is 4.49. The standard InChI is InChI=1S/C10H15F3N2O3S/c1-9(7(16)17,10(11,12)13)15-8(18)14-4-6-2-3-19-5-6/h6H,2-5H2,1H3,(H,16,17)(H2,14,15,18). The van der Waals surface area contributed by atoms with Gasteiger partial charge < -0.3 is 15.7 Å². The molecule has 110 valence electrons. The smallest absolute Gasteiger partial charge is 0.422 e. The number of carbonyl (C=O) groups excluding carboxylic acids is 1. The van der Waals surface area contributed by atoms with Gasteiger partial charge in [-0.3, -0.25) is 0 Å². The Morgan fingerprint density at radius 3 is 2.47 bits per heavy atom. The minimum absolute atomic E-state index is 0.220. The largest absolute Gasteiger partial charge is 0.479 e. The van der Waals surface area contributed by atoms with Crippen molar-refractivity contribution in [3.8, 4) is 0 Å². The van der Waals surface area contributed by atoms with E-state index in [2.05, 4.69) is 5.32 Å². The molecule has 0 aromatic rings. The number of carbonyl (C=O) groups is 2. The summed E-state index contributed by atoms with van der Waals surface area (Å²) in [5.41, 5.74) is -3.29. The van der Waals surface area contributed by atoms with Gasteiger partial charge in [0.05, 0.1) is 0 Å². The van der Waals surface area contributed by atoms with E-state index in [0.717, 1.165) is 17.9 Å². The van der Waals surface area contributed by atoms with Gasteiger partial charge in [0.1, 0.15) is 0 Å².